The smallest absolute Gasteiger partial charge is 0.138 e. The lowest BCUT2D eigenvalue weighted by Crippen LogP contribution is -2.17. The molecule has 2 aromatic heterocycles. The van der Waals surface area contributed by atoms with Crippen LogP contribution in [0.3, 0.4) is 0 Å². The highest BCUT2D eigenvalue weighted by Crippen LogP contribution is 2.31. The van der Waals surface area contributed by atoms with E-state index in [1.165, 1.54) is 5.56 Å². The Morgan fingerprint density at radius 1 is 0.697 bits per heavy atom. The molecule has 5 rings (SSSR count). The minimum absolute atomic E-state index is 0.00343. The lowest BCUT2D eigenvalue weighted by atomic mass is 9.86. The third-order valence-electron chi connectivity index (χ3n) is 6.37. The fourth-order valence-corrected chi connectivity index (χ4v) is 4.51. The molecule has 33 heavy (non-hydrogen) atoms. The molecule has 0 saturated carbocycles. The van der Waals surface area contributed by atoms with Gasteiger partial charge >= 0.3 is 0 Å². The summed E-state index contributed by atoms with van der Waals surface area (Å²) in [6.07, 6.45) is 0. The summed E-state index contributed by atoms with van der Waals surface area (Å²) in [6, 6.07) is 21.6. The van der Waals surface area contributed by atoms with Crippen LogP contribution < -0.4 is 0 Å². The Balaban J connectivity index is 1.55. The van der Waals surface area contributed by atoms with E-state index in [9.17, 15) is 0 Å². The number of aromatic amines is 1. The molecule has 0 saturated heterocycles. The van der Waals surface area contributed by atoms with E-state index in [1.807, 2.05) is 0 Å². The summed E-state index contributed by atoms with van der Waals surface area (Å²) < 4.78 is 2.20. The second kappa shape index (κ2) is 7.31. The summed E-state index contributed by atoms with van der Waals surface area (Å²) in [4.78, 5) is 13.3. The Labute approximate surface area is 195 Å². The fourth-order valence-electron chi connectivity index (χ4n) is 4.51. The van der Waals surface area contributed by atoms with E-state index in [-0.39, 0.29) is 10.8 Å². The zero-order valence-corrected chi connectivity index (χ0v) is 20.6. The van der Waals surface area contributed by atoms with E-state index in [4.69, 9.17) is 9.97 Å². The Bertz CT molecular complexity index is 1490. The van der Waals surface area contributed by atoms with Crippen LogP contribution in [0.1, 0.15) is 52.9 Å². The maximum absolute atomic E-state index is 4.95. The third kappa shape index (κ3) is 3.84. The number of aromatic nitrogens is 4. The van der Waals surface area contributed by atoms with Crippen molar-refractivity contribution in [2.24, 2.45) is 7.05 Å². The van der Waals surface area contributed by atoms with Gasteiger partial charge in [-0.2, -0.15) is 0 Å². The van der Waals surface area contributed by atoms with Gasteiger partial charge in [-0.25, -0.2) is 9.97 Å². The molecule has 2 heterocycles. The number of H-pyrrole nitrogens is 1. The maximum Gasteiger partial charge on any atom is 0.138 e. The normalized spacial score (nSPS) is 12.7. The zero-order chi connectivity index (χ0) is 23.5. The van der Waals surface area contributed by atoms with Crippen molar-refractivity contribution in [3.8, 4) is 22.5 Å². The first-order valence-corrected chi connectivity index (χ1v) is 11.6. The topological polar surface area (TPSA) is 46.5 Å². The monoisotopic (exact) mass is 436 g/mol. The molecule has 4 heteroatoms. The van der Waals surface area contributed by atoms with Crippen LogP contribution in [0.15, 0.2) is 60.7 Å². The number of hydrogen-bond donors (Lipinski definition) is 1. The molecule has 4 nitrogen and oxygen atoms in total. The summed E-state index contributed by atoms with van der Waals surface area (Å²) in [5.41, 5.74) is 9.06. The average Bonchev–Trinajstić information content (AvgIpc) is 3.33. The lowest BCUT2D eigenvalue weighted by molar-refractivity contribution is 0.526. The molecule has 0 aliphatic carbocycles. The molecular weight excluding hydrogens is 404 g/mol. The van der Waals surface area contributed by atoms with Gasteiger partial charge in [0.15, 0.2) is 0 Å². The molecule has 0 spiro atoms. The van der Waals surface area contributed by atoms with Crippen LogP contribution in [0.4, 0.5) is 0 Å². The maximum atomic E-state index is 4.95. The van der Waals surface area contributed by atoms with Crippen molar-refractivity contribution in [2.75, 3.05) is 0 Å². The number of imidazole rings is 2. The summed E-state index contributed by atoms with van der Waals surface area (Å²) in [6.45, 7) is 13.3. The van der Waals surface area contributed by atoms with Gasteiger partial charge in [0.05, 0.1) is 22.1 Å². The summed E-state index contributed by atoms with van der Waals surface area (Å²) in [7, 11) is 2.10. The number of rotatable bonds is 2. The van der Waals surface area contributed by atoms with E-state index < -0.39 is 0 Å². The minimum atomic E-state index is 0.00343. The number of benzene rings is 3. The quantitative estimate of drug-likeness (QED) is 0.314. The number of nitrogens with one attached hydrogen (secondary N) is 1. The van der Waals surface area contributed by atoms with Gasteiger partial charge in [0.1, 0.15) is 11.6 Å². The van der Waals surface area contributed by atoms with E-state index in [1.54, 1.807) is 0 Å². The molecule has 0 amide bonds. The predicted molar refractivity (Wildman–Crippen MR) is 139 cm³/mol. The number of fused-ring (bicyclic) bond motifs is 2. The lowest BCUT2D eigenvalue weighted by Gasteiger charge is -2.19. The first-order valence-electron chi connectivity index (χ1n) is 11.6. The molecule has 0 bridgehead atoms. The Hall–Kier alpha value is -3.40. The minimum Gasteiger partial charge on any atom is -0.338 e. The number of nitrogens with zero attached hydrogens (tertiary/aromatic N) is 3. The average molecular weight is 437 g/mol. The Kier molecular flexibility index (Phi) is 4.75. The van der Waals surface area contributed by atoms with Gasteiger partial charge in [-0.1, -0.05) is 71.9 Å². The van der Waals surface area contributed by atoms with Crippen LogP contribution >= 0.6 is 0 Å². The van der Waals surface area contributed by atoms with Crippen molar-refractivity contribution >= 4 is 22.1 Å². The molecule has 5 aromatic rings. The highest BCUT2D eigenvalue weighted by atomic mass is 15.1. The first kappa shape index (κ1) is 21.4. The van der Waals surface area contributed by atoms with Crippen LogP contribution in [0.25, 0.3) is 44.6 Å². The standard InChI is InChI=1S/C29H32N4/c1-28(2,3)21-10-8-9-20(15-21)26-30-22-13-11-18(16-23(22)31-26)19-12-14-25-24(17-19)32-27(33(25)7)29(4,5)6/h8-17H,1-7H3,(H,30,31). The molecule has 3 aromatic carbocycles. The highest BCUT2D eigenvalue weighted by molar-refractivity contribution is 5.88. The van der Waals surface area contributed by atoms with Gasteiger partial charge in [0.2, 0.25) is 0 Å². The largest absolute Gasteiger partial charge is 0.338 e. The molecule has 1 N–H and O–H groups in total. The second-order valence-electron chi connectivity index (χ2n) is 11.1. The van der Waals surface area contributed by atoms with E-state index in [0.29, 0.717) is 0 Å². The SMILES string of the molecule is Cn1c(C(C)(C)C)nc2cc(-c3ccc4nc(-c5cccc(C(C)(C)C)c5)[nH]c4c3)ccc21. The van der Waals surface area contributed by atoms with Crippen LogP contribution in [0, 0.1) is 0 Å². The van der Waals surface area contributed by atoms with Crippen molar-refractivity contribution in [3.05, 3.63) is 72.1 Å². The van der Waals surface area contributed by atoms with Crippen LogP contribution in [0.5, 0.6) is 0 Å². The third-order valence-corrected chi connectivity index (χ3v) is 6.37. The molecule has 0 unspecified atom stereocenters. The first-order chi connectivity index (χ1) is 15.5. The van der Waals surface area contributed by atoms with Crippen LogP contribution in [-0.2, 0) is 17.9 Å². The fraction of sp³-hybridized carbons (Fsp3) is 0.310. The number of aryl methyl sites for hydroxylation is 1. The van der Waals surface area contributed by atoms with Gasteiger partial charge < -0.3 is 9.55 Å². The molecule has 0 fully saturated rings. The van der Waals surface area contributed by atoms with Crippen molar-refractivity contribution in [2.45, 2.75) is 52.4 Å². The van der Waals surface area contributed by atoms with Crippen LogP contribution in [-0.4, -0.2) is 19.5 Å². The van der Waals surface area contributed by atoms with Gasteiger partial charge in [-0.05, 0) is 52.4 Å². The second-order valence-corrected chi connectivity index (χ2v) is 11.1. The van der Waals surface area contributed by atoms with Crippen LogP contribution in [0.2, 0.25) is 0 Å². The van der Waals surface area contributed by atoms with Gasteiger partial charge in [0, 0.05) is 18.0 Å². The summed E-state index contributed by atoms with van der Waals surface area (Å²) in [5.74, 6) is 2.00. The van der Waals surface area contributed by atoms with Gasteiger partial charge in [0.25, 0.3) is 0 Å². The van der Waals surface area contributed by atoms with Crippen molar-refractivity contribution in [3.63, 3.8) is 0 Å². The summed E-state index contributed by atoms with van der Waals surface area (Å²) >= 11 is 0. The van der Waals surface area contributed by atoms with Gasteiger partial charge in [-0.15, -0.1) is 0 Å². The molecule has 168 valence electrons. The number of hydrogen-bond acceptors (Lipinski definition) is 2. The molecular formula is C29H32N4. The van der Waals surface area contributed by atoms with Crippen molar-refractivity contribution in [1.82, 2.24) is 19.5 Å². The van der Waals surface area contributed by atoms with E-state index >= 15 is 0 Å². The Morgan fingerprint density at radius 2 is 1.42 bits per heavy atom. The zero-order valence-electron chi connectivity index (χ0n) is 20.6. The van der Waals surface area contributed by atoms with Crippen molar-refractivity contribution < 1.29 is 0 Å². The Morgan fingerprint density at radius 3 is 2.15 bits per heavy atom. The molecule has 0 radical (unpaired) electrons. The van der Waals surface area contributed by atoms with E-state index in [2.05, 4.69) is 119 Å². The van der Waals surface area contributed by atoms with Crippen molar-refractivity contribution in [1.29, 1.82) is 0 Å². The molecule has 0 aliphatic heterocycles. The predicted octanol–water partition coefficient (Wildman–Crippen LogP) is 7.38. The molecule has 0 aliphatic rings. The summed E-state index contributed by atoms with van der Waals surface area (Å²) in [5, 5.41) is 0. The van der Waals surface area contributed by atoms with E-state index in [0.717, 1.165) is 50.4 Å². The van der Waals surface area contributed by atoms with Gasteiger partial charge in [-0.3, -0.25) is 0 Å². The molecule has 0 atom stereocenters. The highest BCUT2D eigenvalue weighted by Gasteiger charge is 2.21.